The summed E-state index contributed by atoms with van der Waals surface area (Å²) in [4.78, 5) is 12.4. The molecule has 0 heterocycles. The van der Waals surface area contributed by atoms with Gasteiger partial charge in [0.05, 0.1) is 0 Å². The third-order valence-corrected chi connectivity index (χ3v) is 4.95. The van der Waals surface area contributed by atoms with Gasteiger partial charge in [0.2, 0.25) is 5.91 Å². The molecule has 1 aliphatic rings. The molecule has 0 aromatic heterocycles. The molecule has 0 bridgehead atoms. The highest BCUT2D eigenvalue weighted by Crippen LogP contribution is 2.34. The van der Waals surface area contributed by atoms with E-state index in [9.17, 15) is 4.79 Å². The molecule has 110 valence electrons. The summed E-state index contributed by atoms with van der Waals surface area (Å²) in [6, 6.07) is 0.204. The maximum absolute atomic E-state index is 12.4. The van der Waals surface area contributed by atoms with Crippen molar-refractivity contribution in [2.45, 2.75) is 59.4 Å². The molecule has 1 saturated carbocycles. The van der Waals surface area contributed by atoms with Gasteiger partial charge in [-0.3, -0.25) is 4.79 Å². The molecule has 4 atom stereocenters. The van der Waals surface area contributed by atoms with Crippen molar-refractivity contribution < 1.29 is 10.0 Å². The van der Waals surface area contributed by atoms with Crippen molar-refractivity contribution in [3.05, 3.63) is 0 Å². The number of nitrogens with one attached hydrogen (secondary N) is 1. The highest BCUT2D eigenvalue weighted by Gasteiger charge is 2.40. The summed E-state index contributed by atoms with van der Waals surface area (Å²) >= 11 is 0. The third kappa shape index (κ3) is 3.01. The monoisotopic (exact) mass is 269 g/mol. The van der Waals surface area contributed by atoms with Gasteiger partial charge in [-0.1, -0.05) is 32.3 Å². The van der Waals surface area contributed by atoms with Gasteiger partial charge in [0.15, 0.2) is 5.84 Å². The number of carbonyl (C=O) groups is 1. The molecule has 1 rings (SSSR count). The van der Waals surface area contributed by atoms with Gasteiger partial charge in [0.25, 0.3) is 0 Å². The predicted molar refractivity (Wildman–Crippen MR) is 75.9 cm³/mol. The summed E-state index contributed by atoms with van der Waals surface area (Å²) in [5, 5.41) is 14.9. The maximum atomic E-state index is 12.4. The Balaban J connectivity index is 2.74. The van der Waals surface area contributed by atoms with E-state index in [1.807, 2.05) is 6.92 Å². The Morgan fingerprint density at radius 1 is 1.47 bits per heavy atom. The van der Waals surface area contributed by atoms with Crippen LogP contribution >= 0.6 is 0 Å². The first kappa shape index (κ1) is 15.8. The van der Waals surface area contributed by atoms with Gasteiger partial charge in [-0.15, -0.1) is 0 Å². The van der Waals surface area contributed by atoms with E-state index in [-0.39, 0.29) is 17.8 Å². The molecular formula is C14H27N3O2. The van der Waals surface area contributed by atoms with Crippen molar-refractivity contribution in [2.75, 3.05) is 0 Å². The molecule has 1 fully saturated rings. The van der Waals surface area contributed by atoms with Gasteiger partial charge in [-0.2, -0.15) is 0 Å². The first-order valence-corrected chi connectivity index (χ1v) is 7.19. The van der Waals surface area contributed by atoms with Gasteiger partial charge < -0.3 is 16.3 Å². The summed E-state index contributed by atoms with van der Waals surface area (Å²) in [6.45, 7) is 7.97. The van der Waals surface area contributed by atoms with Crippen molar-refractivity contribution in [3.8, 4) is 0 Å². The predicted octanol–water partition coefficient (Wildman–Crippen LogP) is 2.09. The van der Waals surface area contributed by atoms with Gasteiger partial charge in [-0.25, -0.2) is 0 Å². The summed E-state index contributed by atoms with van der Waals surface area (Å²) in [5.74, 6) is 1.01. The van der Waals surface area contributed by atoms with Crippen molar-refractivity contribution in [1.29, 1.82) is 0 Å². The van der Waals surface area contributed by atoms with Crippen LogP contribution in [0.25, 0.3) is 0 Å². The molecule has 0 aliphatic heterocycles. The molecule has 4 N–H and O–H groups in total. The number of nitrogens with two attached hydrogens (primary N) is 1. The van der Waals surface area contributed by atoms with Crippen molar-refractivity contribution >= 4 is 11.7 Å². The molecule has 4 unspecified atom stereocenters. The SMILES string of the molecule is CCC1CCC(NC(=O)C(C)(CC)C(N)=NO)C1C. The van der Waals surface area contributed by atoms with Crippen LogP contribution in [0.5, 0.6) is 0 Å². The van der Waals surface area contributed by atoms with Crippen LogP contribution in [0.3, 0.4) is 0 Å². The molecule has 0 aromatic rings. The smallest absolute Gasteiger partial charge is 0.233 e. The number of oxime groups is 1. The molecule has 5 heteroatoms. The average molecular weight is 269 g/mol. The Morgan fingerprint density at radius 3 is 2.53 bits per heavy atom. The van der Waals surface area contributed by atoms with Crippen LogP contribution in [0, 0.1) is 17.3 Å². The van der Waals surface area contributed by atoms with E-state index >= 15 is 0 Å². The topological polar surface area (TPSA) is 87.7 Å². The largest absolute Gasteiger partial charge is 0.409 e. The molecule has 1 amide bonds. The number of hydrogen-bond donors (Lipinski definition) is 3. The number of rotatable bonds is 5. The minimum absolute atomic E-state index is 0.0230. The van der Waals surface area contributed by atoms with Gasteiger partial charge in [0.1, 0.15) is 5.41 Å². The molecule has 5 nitrogen and oxygen atoms in total. The number of hydrogen-bond acceptors (Lipinski definition) is 3. The Hall–Kier alpha value is -1.26. The first-order chi connectivity index (χ1) is 8.90. The number of amides is 1. The maximum Gasteiger partial charge on any atom is 0.233 e. The Bertz CT molecular complexity index is 357. The lowest BCUT2D eigenvalue weighted by molar-refractivity contribution is -0.128. The first-order valence-electron chi connectivity index (χ1n) is 7.19. The van der Waals surface area contributed by atoms with Crippen LogP contribution in [0.2, 0.25) is 0 Å². The number of amidine groups is 1. The Morgan fingerprint density at radius 2 is 2.11 bits per heavy atom. The van der Waals surface area contributed by atoms with E-state index in [2.05, 4.69) is 24.3 Å². The van der Waals surface area contributed by atoms with Crippen LogP contribution in [0.1, 0.15) is 53.4 Å². The van der Waals surface area contributed by atoms with Crippen LogP contribution in [-0.4, -0.2) is 23.0 Å². The molecule has 1 aliphatic carbocycles. The molecule has 19 heavy (non-hydrogen) atoms. The second-order valence-electron chi connectivity index (χ2n) is 5.86. The van der Waals surface area contributed by atoms with Crippen LogP contribution in [0.15, 0.2) is 5.16 Å². The van der Waals surface area contributed by atoms with Crippen LogP contribution in [-0.2, 0) is 4.79 Å². The summed E-state index contributed by atoms with van der Waals surface area (Å²) in [6.07, 6.45) is 3.84. The van der Waals surface area contributed by atoms with Crippen LogP contribution in [0.4, 0.5) is 0 Å². The minimum Gasteiger partial charge on any atom is -0.409 e. The summed E-state index contributed by atoms with van der Waals surface area (Å²) < 4.78 is 0. The molecular weight excluding hydrogens is 242 g/mol. The van der Waals surface area contributed by atoms with E-state index in [4.69, 9.17) is 10.9 Å². The zero-order valence-corrected chi connectivity index (χ0v) is 12.4. The minimum atomic E-state index is -0.932. The number of carbonyl (C=O) groups excluding carboxylic acids is 1. The second-order valence-corrected chi connectivity index (χ2v) is 5.86. The average Bonchev–Trinajstić information content (AvgIpc) is 2.77. The van der Waals surface area contributed by atoms with E-state index in [0.717, 1.165) is 19.3 Å². The standard InChI is InChI=1S/C14H27N3O2/c1-5-10-7-8-11(9(10)3)16-13(18)14(4,6-2)12(15)17-19/h9-11,19H,5-8H2,1-4H3,(H2,15,17)(H,16,18). The Labute approximate surface area is 115 Å². The van der Waals surface area contributed by atoms with E-state index in [1.54, 1.807) is 6.92 Å². The van der Waals surface area contributed by atoms with E-state index in [0.29, 0.717) is 18.3 Å². The van der Waals surface area contributed by atoms with Gasteiger partial charge in [-0.05, 0) is 38.0 Å². The van der Waals surface area contributed by atoms with Gasteiger partial charge in [0, 0.05) is 6.04 Å². The highest BCUT2D eigenvalue weighted by molar-refractivity contribution is 6.06. The van der Waals surface area contributed by atoms with Gasteiger partial charge >= 0.3 is 0 Å². The lowest BCUT2D eigenvalue weighted by Crippen LogP contribution is -2.51. The molecule has 0 spiro atoms. The Kier molecular flexibility index (Phi) is 5.20. The normalized spacial score (nSPS) is 30.9. The quantitative estimate of drug-likeness (QED) is 0.309. The number of nitrogens with zero attached hydrogens (tertiary/aromatic N) is 1. The van der Waals surface area contributed by atoms with Crippen molar-refractivity contribution in [3.63, 3.8) is 0 Å². The van der Waals surface area contributed by atoms with E-state index in [1.165, 1.54) is 0 Å². The summed E-state index contributed by atoms with van der Waals surface area (Å²) in [7, 11) is 0. The molecule has 0 saturated heterocycles. The second kappa shape index (κ2) is 6.26. The highest BCUT2D eigenvalue weighted by atomic mass is 16.4. The van der Waals surface area contributed by atoms with E-state index < -0.39 is 5.41 Å². The fourth-order valence-electron chi connectivity index (χ4n) is 2.92. The van der Waals surface area contributed by atoms with Crippen LogP contribution < -0.4 is 11.1 Å². The lowest BCUT2D eigenvalue weighted by atomic mass is 9.84. The zero-order chi connectivity index (χ0) is 14.6. The summed E-state index contributed by atoms with van der Waals surface area (Å²) in [5.41, 5.74) is 4.73. The van der Waals surface area contributed by atoms with Crippen molar-refractivity contribution in [1.82, 2.24) is 5.32 Å². The fourth-order valence-corrected chi connectivity index (χ4v) is 2.92. The lowest BCUT2D eigenvalue weighted by Gasteiger charge is -2.29. The molecule has 0 radical (unpaired) electrons. The fraction of sp³-hybridized carbons (Fsp3) is 0.857. The third-order valence-electron chi connectivity index (χ3n) is 4.95. The molecule has 0 aromatic carbocycles. The van der Waals surface area contributed by atoms with Crippen molar-refractivity contribution in [2.24, 2.45) is 28.1 Å². The zero-order valence-electron chi connectivity index (χ0n) is 12.4.